The number of aliphatic carboxylic acids is 2. The van der Waals surface area contributed by atoms with Gasteiger partial charge in [0, 0.05) is 0 Å². The van der Waals surface area contributed by atoms with Crippen LogP contribution in [0.25, 0.3) is 11.2 Å². The first-order chi connectivity index (χ1) is 8.00. The van der Waals surface area contributed by atoms with Gasteiger partial charge in [0.1, 0.15) is 5.52 Å². The zero-order valence-electron chi connectivity index (χ0n) is 8.18. The van der Waals surface area contributed by atoms with Gasteiger partial charge in [0.25, 0.3) is 0 Å². The maximum absolute atomic E-state index is 10.9. The van der Waals surface area contributed by atoms with E-state index in [2.05, 4.69) is 27.6 Å². The van der Waals surface area contributed by atoms with Gasteiger partial charge in [-0.25, -0.2) is 24.5 Å². The summed E-state index contributed by atoms with van der Waals surface area (Å²) in [4.78, 5) is 33.2. The Morgan fingerprint density at radius 2 is 1.94 bits per heavy atom. The number of hydrogen-bond donors (Lipinski definition) is 3. The highest BCUT2D eigenvalue weighted by molar-refractivity contribution is 7.80. The Morgan fingerprint density at radius 3 is 2.53 bits per heavy atom. The molecule has 88 valence electrons. The minimum absolute atomic E-state index is 0.105. The number of carbonyl (C=O) groups is 2. The summed E-state index contributed by atoms with van der Waals surface area (Å²) < 4.78 is 0.946. The third-order valence-corrected chi connectivity index (χ3v) is 2.26. The molecule has 0 aromatic carbocycles. The predicted molar refractivity (Wildman–Crippen MR) is 56.9 cm³/mol. The lowest BCUT2D eigenvalue weighted by Gasteiger charge is -2.08. The van der Waals surface area contributed by atoms with Crippen molar-refractivity contribution in [1.82, 2.24) is 19.5 Å². The molecule has 2 N–H and O–H groups in total. The van der Waals surface area contributed by atoms with Crippen LogP contribution in [0.4, 0.5) is 0 Å². The molecule has 0 aliphatic heterocycles. The molecule has 0 amide bonds. The van der Waals surface area contributed by atoms with E-state index in [0.29, 0.717) is 5.52 Å². The lowest BCUT2D eigenvalue weighted by molar-refractivity contribution is -0.153. The van der Waals surface area contributed by atoms with Crippen LogP contribution < -0.4 is 0 Å². The largest absolute Gasteiger partial charge is 0.479 e. The van der Waals surface area contributed by atoms with Crippen molar-refractivity contribution in [3.05, 3.63) is 12.5 Å². The summed E-state index contributed by atoms with van der Waals surface area (Å²) >= 11 is 3.90. The Kier molecular flexibility index (Phi) is 2.68. The lowest BCUT2D eigenvalue weighted by Crippen LogP contribution is -2.26. The number of aromatic nitrogens is 4. The molecular weight excluding hydrogens is 248 g/mol. The fourth-order valence-corrected chi connectivity index (χ4v) is 1.50. The molecule has 0 aliphatic carbocycles. The topological polar surface area (TPSA) is 118 Å². The third kappa shape index (κ3) is 1.91. The molecule has 0 unspecified atom stereocenters. The zero-order chi connectivity index (χ0) is 12.6. The molecule has 2 aromatic heterocycles. The molecule has 8 nitrogen and oxygen atoms in total. The number of carboxylic acids is 2. The second kappa shape index (κ2) is 4.01. The van der Waals surface area contributed by atoms with Gasteiger partial charge >= 0.3 is 11.9 Å². The Hall–Kier alpha value is -2.16. The second-order valence-electron chi connectivity index (χ2n) is 3.11. The van der Waals surface area contributed by atoms with Gasteiger partial charge in [0.05, 0.1) is 12.5 Å². The molecular formula is C8H6N4O4S. The summed E-state index contributed by atoms with van der Waals surface area (Å²) in [6.07, 6.45) is 2.43. The van der Waals surface area contributed by atoms with Gasteiger partial charge in [0.15, 0.2) is 10.8 Å². The highest BCUT2D eigenvalue weighted by atomic mass is 32.1. The summed E-state index contributed by atoms with van der Waals surface area (Å²) in [5, 5.41) is 17.8. The van der Waals surface area contributed by atoms with Crippen LogP contribution in [0.5, 0.6) is 0 Å². The zero-order valence-corrected chi connectivity index (χ0v) is 9.07. The van der Waals surface area contributed by atoms with Gasteiger partial charge in [0.2, 0.25) is 6.04 Å². The van der Waals surface area contributed by atoms with Crippen LogP contribution in [0.2, 0.25) is 0 Å². The Labute approximate surface area is 99.4 Å². The van der Waals surface area contributed by atoms with E-state index in [1.54, 1.807) is 0 Å². The van der Waals surface area contributed by atoms with Crippen LogP contribution in [0.1, 0.15) is 6.04 Å². The van der Waals surface area contributed by atoms with Crippen molar-refractivity contribution in [3.63, 3.8) is 0 Å². The molecule has 0 aliphatic rings. The normalized spacial score (nSPS) is 10.9. The quantitative estimate of drug-likeness (QED) is 0.395. The molecule has 0 atom stereocenters. The van der Waals surface area contributed by atoms with Crippen LogP contribution in [0.3, 0.4) is 0 Å². The van der Waals surface area contributed by atoms with Crippen molar-refractivity contribution < 1.29 is 19.8 Å². The predicted octanol–water partition coefficient (Wildman–Crippen LogP) is -0.175. The molecule has 0 spiro atoms. The molecule has 9 heteroatoms. The Bertz CT molecular complexity index is 597. The van der Waals surface area contributed by atoms with E-state index in [-0.39, 0.29) is 10.8 Å². The van der Waals surface area contributed by atoms with Gasteiger partial charge in [-0.2, -0.15) is 0 Å². The molecule has 2 heterocycles. The van der Waals surface area contributed by atoms with E-state index in [9.17, 15) is 9.59 Å². The van der Waals surface area contributed by atoms with Gasteiger partial charge in [-0.1, -0.05) is 0 Å². The monoisotopic (exact) mass is 254 g/mol. The van der Waals surface area contributed by atoms with Crippen LogP contribution in [0, 0.1) is 0 Å². The molecule has 0 radical (unpaired) electrons. The fraction of sp³-hybridized carbons (Fsp3) is 0.125. The van der Waals surface area contributed by atoms with Crippen LogP contribution in [0.15, 0.2) is 17.7 Å². The number of nitrogens with zero attached hydrogens (tertiary/aromatic N) is 4. The summed E-state index contributed by atoms with van der Waals surface area (Å²) in [5.41, 5.74) is 0.412. The Morgan fingerprint density at radius 1 is 1.29 bits per heavy atom. The van der Waals surface area contributed by atoms with E-state index in [1.807, 2.05) is 0 Å². The van der Waals surface area contributed by atoms with Gasteiger partial charge < -0.3 is 10.2 Å². The first-order valence-electron chi connectivity index (χ1n) is 4.35. The van der Waals surface area contributed by atoms with Gasteiger partial charge in [-0.3, -0.25) is 4.57 Å². The van der Waals surface area contributed by atoms with Crippen molar-refractivity contribution in [2.75, 3.05) is 0 Å². The first kappa shape index (κ1) is 11.3. The highest BCUT2D eigenvalue weighted by Crippen LogP contribution is 2.16. The van der Waals surface area contributed by atoms with Crippen molar-refractivity contribution in [2.45, 2.75) is 11.2 Å². The Balaban J connectivity index is 2.65. The highest BCUT2D eigenvalue weighted by Gasteiger charge is 2.29. The average molecular weight is 254 g/mol. The maximum Gasteiger partial charge on any atom is 0.338 e. The van der Waals surface area contributed by atoms with E-state index in [0.717, 1.165) is 10.9 Å². The smallest absolute Gasteiger partial charge is 0.338 e. The number of hydrogen-bond acceptors (Lipinski definition) is 6. The van der Waals surface area contributed by atoms with E-state index >= 15 is 0 Å². The van der Waals surface area contributed by atoms with E-state index in [1.165, 1.54) is 6.20 Å². The lowest BCUT2D eigenvalue weighted by atomic mass is 10.3. The number of imidazole rings is 1. The number of thiol groups is 1. The van der Waals surface area contributed by atoms with Crippen molar-refractivity contribution in [3.8, 4) is 0 Å². The molecule has 17 heavy (non-hydrogen) atoms. The SMILES string of the molecule is O=C(O)C(C(=O)O)n1cnc2cnc(S)nc21. The molecule has 0 fully saturated rings. The van der Waals surface area contributed by atoms with E-state index in [4.69, 9.17) is 10.2 Å². The number of fused-ring (bicyclic) bond motifs is 1. The number of carboxylic acid groups (broad SMARTS) is 2. The van der Waals surface area contributed by atoms with E-state index < -0.39 is 18.0 Å². The third-order valence-electron chi connectivity index (χ3n) is 2.05. The summed E-state index contributed by atoms with van der Waals surface area (Å²) in [6, 6.07) is -1.78. The summed E-state index contributed by atoms with van der Waals surface area (Å²) in [7, 11) is 0. The molecule has 0 bridgehead atoms. The van der Waals surface area contributed by atoms with Gasteiger partial charge in [-0.15, -0.1) is 12.6 Å². The molecule has 2 rings (SSSR count). The van der Waals surface area contributed by atoms with Crippen molar-refractivity contribution in [1.29, 1.82) is 0 Å². The fourth-order valence-electron chi connectivity index (χ4n) is 1.35. The second-order valence-corrected chi connectivity index (χ2v) is 3.51. The van der Waals surface area contributed by atoms with Crippen LogP contribution in [-0.4, -0.2) is 41.7 Å². The summed E-state index contributed by atoms with van der Waals surface area (Å²) in [5.74, 6) is -3.01. The standard InChI is InChI=1S/C8H6N4O4S/c13-6(14)4(7(15)16)12-2-10-3-1-9-8(17)11-5(3)12/h1-2,4H,(H,13,14)(H,15,16)(H,9,11,17). The van der Waals surface area contributed by atoms with Crippen molar-refractivity contribution in [2.24, 2.45) is 0 Å². The maximum atomic E-state index is 10.9. The van der Waals surface area contributed by atoms with Crippen LogP contribution in [-0.2, 0) is 9.59 Å². The number of rotatable bonds is 3. The first-order valence-corrected chi connectivity index (χ1v) is 4.79. The molecule has 0 saturated carbocycles. The average Bonchev–Trinajstić information content (AvgIpc) is 2.60. The minimum Gasteiger partial charge on any atom is -0.479 e. The summed E-state index contributed by atoms with van der Waals surface area (Å²) in [6.45, 7) is 0. The molecule has 2 aromatic rings. The van der Waals surface area contributed by atoms with Crippen molar-refractivity contribution >= 4 is 35.7 Å². The molecule has 0 saturated heterocycles. The minimum atomic E-state index is -1.78. The van der Waals surface area contributed by atoms with Gasteiger partial charge in [-0.05, 0) is 0 Å². The van der Waals surface area contributed by atoms with Crippen LogP contribution >= 0.6 is 12.6 Å².